The number of nitrogens with zero attached hydrogens (tertiary/aromatic N) is 2. The van der Waals surface area contributed by atoms with Crippen LogP contribution in [0.25, 0.3) is 0 Å². The first kappa shape index (κ1) is 18.8. The van der Waals surface area contributed by atoms with Gasteiger partial charge in [0.2, 0.25) is 11.8 Å². The lowest BCUT2D eigenvalue weighted by molar-refractivity contribution is -0.122. The number of para-hydroxylation sites is 1. The van der Waals surface area contributed by atoms with Gasteiger partial charge in [0.1, 0.15) is 0 Å². The molecule has 4 rings (SSSR count). The summed E-state index contributed by atoms with van der Waals surface area (Å²) < 4.78 is 0. The van der Waals surface area contributed by atoms with Crippen molar-refractivity contribution in [3.8, 4) is 0 Å². The molecule has 0 saturated carbocycles. The van der Waals surface area contributed by atoms with E-state index >= 15 is 0 Å². The summed E-state index contributed by atoms with van der Waals surface area (Å²) in [4.78, 5) is 29.2. The Morgan fingerprint density at radius 1 is 0.964 bits per heavy atom. The number of hydrogen-bond donors (Lipinski definition) is 1. The highest BCUT2D eigenvalue weighted by molar-refractivity contribution is 6.33. The van der Waals surface area contributed by atoms with Crippen LogP contribution in [0.3, 0.4) is 0 Å². The SMILES string of the molecule is O=C(Nc1ccccc1Cl)C1CC(=O)N(c2ccc(N3CCCCC3)cc2)C1. The summed E-state index contributed by atoms with van der Waals surface area (Å²) in [6, 6.07) is 15.2. The van der Waals surface area contributed by atoms with Crippen LogP contribution in [-0.2, 0) is 9.59 Å². The maximum absolute atomic E-state index is 12.6. The third kappa shape index (κ3) is 3.99. The fourth-order valence-corrected chi connectivity index (χ4v) is 4.11. The number of piperidine rings is 1. The van der Waals surface area contributed by atoms with Crippen molar-refractivity contribution in [2.45, 2.75) is 25.7 Å². The highest BCUT2D eigenvalue weighted by Crippen LogP contribution is 2.29. The molecule has 0 aliphatic carbocycles. The zero-order chi connectivity index (χ0) is 19.5. The molecule has 0 radical (unpaired) electrons. The highest BCUT2D eigenvalue weighted by atomic mass is 35.5. The molecule has 0 aromatic heterocycles. The normalized spacial score (nSPS) is 19.8. The predicted molar refractivity (Wildman–Crippen MR) is 113 cm³/mol. The van der Waals surface area contributed by atoms with Crippen molar-refractivity contribution < 1.29 is 9.59 Å². The van der Waals surface area contributed by atoms with Gasteiger partial charge in [-0.05, 0) is 55.7 Å². The van der Waals surface area contributed by atoms with Gasteiger partial charge in [0.15, 0.2) is 0 Å². The Hall–Kier alpha value is -2.53. The Balaban J connectivity index is 1.41. The Kier molecular flexibility index (Phi) is 5.53. The largest absolute Gasteiger partial charge is 0.372 e. The molecule has 1 atom stereocenters. The number of hydrogen-bond acceptors (Lipinski definition) is 3. The molecule has 0 bridgehead atoms. The molecule has 6 heteroatoms. The summed E-state index contributed by atoms with van der Waals surface area (Å²) in [5, 5.41) is 3.33. The van der Waals surface area contributed by atoms with Gasteiger partial charge < -0.3 is 15.1 Å². The summed E-state index contributed by atoms with van der Waals surface area (Å²) in [6.07, 6.45) is 3.97. The zero-order valence-corrected chi connectivity index (χ0v) is 16.5. The van der Waals surface area contributed by atoms with Crippen molar-refractivity contribution >= 4 is 40.5 Å². The number of amides is 2. The second-order valence-corrected chi connectivity index (χ2v) is 7.85. The van der Waals surface area contributed by atoms with Crippen LogP contribution in [0.2, 0.25) is 5.02 Å². The van der Waals surface area contributed by atoms with Crippen LogP contribution in [0.1, 0.15) is 25.7 Å². The van der Waals surface area contributed by atoms with Crippen LogP contribution in [0.15, 0.2) is 48.5 Å². The zero-order valence-electron chi connectivity index (χ0n) is 15.7. The van der Waals surface area contributed by atoms with Gasteiger partial charge in [0.25, 0.3) is 0 Å². The van der Waals surface area contributed by atoms with Gasteiger partial charge >= 0.3 is 0 Å². The minimum absolute atomic E-state index is 0.0231. The number of rotatable bonds is 4. The van der Waals surface area contributed by atoms with E-state index in [0.717, 1.165) is 18.8 Å². The van der Waals surface area contributed by atoms with Crippen LogP contribution in [0.4, 0.5) is 17.1 Å². The highest BCUT2D eigenvalue weighted by Gasteiger charge is 2.35. The molecule has 1 N–H and O–H groups in total. The van der Waals surface area contributed by atoms with Gasteiger partial charge in [0.05, 0.1) is 16.6 Å². The van der Waals surface area contributed by atoms with E-state index in [2.05, 4.69) is 22.3 Å². The Labute approximate surface area is 170 Å². The maximum atomic E-state index is 12.6. The quantitative estimate of drug-likeness (QED) is 0.835. The minimum atomic E-state index is -0.384. The number of anilines is 3. The van der Waals surface area contributed by atoms with E-state index in [1.807, 2.05) is 24.3 Å². The van der Waals surface area contributed by atoms with Crippen molar-refractivity contribution in [3.05, 3.63) is 53.6 Å². The van der Waals surface area contributed by atoms with E-state index in [1.165, 1.54) is 24.9 Å². The topological polar surface area (TPSA) is 52.7 Å². The molecule has 1 unspecified atom stereocenters. The summed E-state index contributed by atoms with van der Waals surface area (Å²) in [5.41, 5.74) is 2.62. The van der Waals surface area contributed by atoms with Gasteiger partial charge in [-0.25, -0.2) is 0 Å². The first-order valence-electron chi connectivity index (χ1n) is 9.82. The molecule has 2 aromatic carbocycles. The Bertz CT molecular complexity index is 862. The van der Waals surface area contributed by atoms with Crippen molar-refractivity contribution in [1.82, 2.24) is 0 Å². The fraction of sp³-hybridized carbons (Fsp3) is 0.364. The number of nitrogens with one attached hydrogen (secondary N) is 1. The maximum Gasteiger partial charge on any atom is 0.229 e. The molecule has 2 aliphatic rings. The first-order valence-corrected chi connectivity index (χ1v) is 10.2. The average Bonchev–Trinajstić information content (AvgIpc) is 3.12. The lowest BCUT2D eigenvalue weighted by atomic mass is 10.1. The number of benzene rings is 2. The van der Waals surface area contributed by atoms with Crippen molar-refractivity contribution in [2.24, 2.45) is 5.92 Å². The molecule has 2 saturated heterocycles. The molecule has 146 valence electrons. The molecule has 2 aromatic rings. The van der Waals surface area contributed by atoms with Crippen LogP contribution in [0.5, 0.6) is 0 Å². The van der Waals surface area contributed by atoms with E-state index in [1.54, 1.807) is 17.0 Å². The van der Waals surface area contributed by atoms with Gasteiger partial charge in [-0.1, -0.05) is 23.7 Å². The van der Waals surface area contributed by atoms with E-state index in [0.29, 0.717) is 17.3 Å². The molecule has 5 nitrogen and oxygen atoms in total. The van der Waals surface area contributed by atoms with Crippen LogP contribution in [-0.4, -0.2) is 31.4 Å². The monoisotopic (exact) mass is 397 g/mol. The van der Waals surface area contributed by atoms with Crippen LogP contribution >= 0.6 is 11.6 Å². The third-order valence-electron chi connectivity index (χ3n) is 5.51. The average molecular weight is 398 g/mol. The predicted octanol–water partition coefficient (Wildman–Crippen LogP) is 4.32. The van der Waals surface area contributed by atoms with Crippen LogP contribution < -0.4 is 15.1 Å². The van der Waals surface area contributed by atoms with Gasteiger partial charge in [0, 0.05) is 37.4 Å². The molecule has 2 aliphatic heterocycles. The summed E-state index contributed by atoms with van der Waals surface area (Å²) in [6.45, 7) is 2.57. The summed E-state index contributed by atoms with van der Waals surface area (Å²) in [5.74, 6) is -0.579. The number of carbonyl (C=O) groups is 2. The standard InChI is InChI=1S/C22H24ClN3O2/c23-19-6-2-3-7-20(19)24-22(28)16-14-21(27)26(15-16)18-10-8-17(9-11-18)25-12-4-1-5-13-25/h2-3,6-11,16H,1,4-5,12-15H2,(H,24,28). The second-order valence-electron chi connectivity index (χ2n) is 7.44. The third-order valence-corrected chi connectivity index (χ3v) is 5.84. The second kappa shape index (κ2) is 8.23. The van der Waals surface area contributed by atoms with Crippen molar-refractivity contribution in [1.29, 1.82) is 0 Å². The molecular weight excluding hydrogens is 374 g/mol. The molecular formula is C22H24ClN3O2. The molecule has 2 amide bonds. The first-order chi connectivity index (χ1) is 13.6. The van der Waals surface area contributed by atoms with Gasteiger partial charge in [-0.15, -0.1) is 0 Å². The van der Waals surface area contributed by atoms with E-state index < -0.39 is 0 Å². The molecule has 0 spiro atoms. The number of carbonyl (C=O) groups excluding carboxylic acids is 2. The summed E-state index contributed by atoms with van der Waals surface area (Å²) >= 11 is 6.11. The van der Waals surface area contributed by atoms with Crippen molar-refractivity contribution in [2.75, 3.05) is 34.8 Å². The lowest BCUT2D eigenvalue weighted by Crippen LogP contribution is -2.30. The van der Waals surface area contributed by atoms with E-state index in [-0.39, 0.29) is 24.2 Å². The molecule has 28 heavy (non-hydrogen) atoms. The summed E-state index contributed by atoms with van der Waals surface area (Å²) in [7, 11) is 0. The van der Waals surface area contributed by atoms with E-state index in [4.69, 9.17) is 11.6 Å². The van der Waals surface area contributed by atoms with E-state index in [9.17, 15) is 9.59 Å². The Morgan fingerprint density at radius 3 is 2.36 bits per heavy atom. The van der Waals surface area contributed by atoms with Gasteiger partial charge in [-0.3, -0.25) is 9.59 Å². The minimum Gasteiger partial charge on any atom is -0.372 e. The molecule has 2 heterocycles. The molecule has 2 fully saturated rings. The number of halogens is 1. The fourth-order valence-electron chi connectivity index (χ4n) is 3.93. The Morgan fingerprint density at radius 2 is 1.64 bits per heavy atom. The van der Waals surface area contributed by atoms with Crippen LogP contribution in [0, 0.1) is 5.92 Å². The van der Waals surface area contributed by atoms with Gasteiger partial charge in [-0.2, -0.15) is 0 Å². The lowest BCUT2D eigenvalue weighted by Gasteiger charge is -2.29. The smallest absolute Gasteiger partial charge is 0.229 e. The van der Waals surface area contributed by atoms with Crippen molar-refractivity contribution in [3.63, 3.8) is 0 Å².